The van der Waals surface area contributed by atoms with Gasteiger partial charge in [0.1, 0.15) is 6.07 Å². The minimum Gasteiger partial charge on any atom is -0.399 e. The van der Waals surface area contributed by atoms with Crippen LogP contribution in [-0.2, 0) is 9.31 Å². The normalized spacial score (nSPS) is 17.3. The Morgan fingerprint density at radius 2 is 1.80 bits per heavy atom. The molecule has 0 spiro atoms. The highest BCUT2D eigenvalue weighted by Crippen LogP contribution is 2.36. The van der Waals surface area contributed by atoms with E-state index in [2.05, 4.69) is 6.07 Å². The minimum absolute atomic E-state index is 0.180. The van der Waals surface area contributed by atoms with Gasteiger partial charge in [-0.1, -0.05) is 6.07 Å². The Kier molecular flexibility index (Phi) is 4.53. The molecule has 0 bridgehead atoms. The molecule has 1 saturated heterocycles. The molecule has 1 fully saturated rings. The number of aryl methyl sites for hydroxylation is 1. The number of anilines is 1. The molecule has 1 aliphatic heterocycles. The molecule has 0 radical (unpaired) electrons. The largest absolute Gasteiger partial charge is 0.496 e. The van der Waals surface area contributed by atoms with Crippen molar-refractivity contribution in [2.24, 2.45) is 0 Å². The lowest BCUT2D eigenvalue weighted by Gasteiger charge is -2.32. The number of carbonyl (C=O) groups is 1. The number of ketones is 1. The Labute approximate surface area is 176 Å². The molecule has 1 aliphatic rings. The molecule has 3 heterocycles. The van der Waals surface area contributed by atoms with E-state index in [0.29, 0.717) is 28.1 Å². The van der Waals surface area contributed by atoms with Crippen molar-refractivity contribution in [3.8, 4) is 6.07 Å². The fraction of sp³-hybridized carbons (Fsp3) is 0.304. The predicted molar refractivity (Wildman–Crippen MR) is 117 cm³/mol. The minimum atomic E-state index is -0.527. The van der Waals surface area contributed by atoms with Crippen molar-refractivity contribution in [2.45, 2.75) is 45.8 Å². The molecule has 2 aromatic heterocycles. The maximum absolute atomic E-state index is 13.3. The first-order chi connectivity index (χ1) is 14.1. The Morgan fingerprint density at radius 1 is 1.13 bits per heavy atom. The van der Waals surface area contributed by atoms with Crippen LogP contribution in [0.2, 0.25) is 0 Å². The topological polar surface area (TPSA) is 89.8 Å². The molecule has 1 aromatic carbocycles. The second-order valence-electron chi connectivity index (χ2n) is 8.72. The van der Waals surface area contributed by atoms with Crippen LogP contribution in [0.15, 0.2) is 42.6 Å². The highest BCUT2D eigenvalue weighted by molar-refractivity contribution is 6.64. The Bertz CT molecular complexity index is 1200. The summed E-state index contributed by atoms with van der Waals surface area (Å²) in [5, 5.41) is 9.32. The fourth-order valence-corrected chi connectivity index (χ4v) is 3.69. The van der Waals surface area contributed by atoms with Gasteiger partial charge in [0.2, 0.25) is 5.78 Å². The van der Waals surface area contributed by atoms with Gasteiger partial charge in [0, 0.05) is 22.7 Å². The van der Waals surface area contributed by atoms with Gasteiger partial charge in [-0.25, -0.2) is 0 Å². The number of rotatable bonds is 3. The van der Waals surface area contributed by atoms with E-state index in [4.69, 9.17) is 15.0 Å². The van der Waals surface area contributed by atoms with Crippen LogP contribution >= 0.6 is 0 Å². The van der Waals surface area contributed by atoms with Crippen LogP contribution in [0.5, 0.6) is 0 Å². The summed E-state index contributed by atoms with van der Waals surface area (Å²) >= 11 is 0. The monoisotopic (exact) mass is 401 g/mol. The molecule has 152 valence electrons. The molecule has 6 nitrogen and oxygen atoms in total. The van der Waals surface area contributed by atoms with Gasteiger partial charge in [-0.2, -0.15) is 5.26 Å². The Morgan fingerprint density at radius 3 is 2.43 bits per heavy atom. The Hall–Kier alpha value is -3.08. The average molecular weight is 401 g/mol. The van der Waals surface area contributed by atoms with Crippen molar-refractivity contribution in [2.75, 3.05) is 5.73 Å². The van der Waals surface area contributed by atoms with Crippen molar-refractivity contribution in [3.63, 3.8) is 0 Å². The number of benzene rings is 1. The van der Waals surface area contributed by atoms with Crippen molar-refractivity contribution in [1.29, 1.82) is 5.26 Å². The number of fused-ring (bicyclic) bond motifs is 1. The van der Waals surface area contributed by atoms with E-state index in [1.807, 2.05) is 56.5 Å². The zero-order valence-corrected chi connectivity index (χ0v) is 17.8. The zero-order valence-electron chi connectivity index (χ0n) is 17.8. The highest BCUT2D eigenvalue weighted by Gasteiger charge is 2.52. The molecule has 4 rings (SSSR count). The van der Waals surface area contributed by atoms with Crippen LogP contribution < -0.4 is 11.2 Å². The number of hydrogen-bond acceptors (Lipinski definition) is 5. The third kappa shape index (κ3) is 3.00. The van der Waals surface area contributed by atoms with E-state index in [9.17, 15) is 10.1 Å². The van der Waals surface area contributed by atoms with Crippen LogP contribution in [-0.4, -0.2) is 28.5 Å². The summed E-state index contributed by atoms with van der Waals surface area (Å²) in [4.78, 5) is 13.3. The van der Waals surface area contributed by atoms with Gasteiger partial charge in [-0.15, -0.1) is 0 Å². The number of nitrogens with zero attached hydrogens (tertiary/aromatic N) is 2. The Balaban J connectivity index is 1.77. The zero-order chi connectivity index (χ0) is 21.8. The molecule has 7 heteroatoms. The summed E-state index contributed by atoms with van der Waals surface area (Å²) in [6, 6.07) is 12.8. The number of aromatic nitrogens is 1. The molecular weight excluding hydrogens is 377 g/mol. The number of hydrogen-bond donors (Lipinski definition) is 1. The van der Waals surface area contributed by atoms with Crippen LogP contribution in [0.25, 0.3) is 5.52 Å². The number of nitrogen functional groups attached to an aromatic ring is 1. The van der Waals surface area contributed by atoms with Gasteiger partial charge < -0.3 is 19.4 Å². The lowest BCUT2D eigenvalue weighted by Crippen LogP contribution is -2.41. The van der Waals surface area contributed by atoms with Gasteiger partial charge in [0.05, 0.1) is 28.1 Å². The summed E-state index contributed by atoms with van der Waals surface area (Å²) in [5.74, 6) is -0.180. The van der Waals surface area contributed by atoms with E-state index in [-0.39, 0.29) is 5.78 Å². The van der Waals surface area contributed by atoms with Gasteiger partial charge in [-0.05, 0) is 70.5 Å². The standard InChI is InChI=1S/C23H24BN3O3/c1-14-11-15(12-16(13-25)20(14)26)21(28)19-9-8-18-17(7-6-10-27(18)19)24-29-22(2,3)23(4,5)30-24/h6-12H,26H2,1-5H3. The molecular formula is C23H24BN3O3. The van der Waals surface area contributed by atoms with E-state index in [0.717, 1.165) is 11.0 Å². The number of carbonyl (C=O) groups excluding carboxylic acids is 1. The van der Waals surface area contributed by atoms with Crippen molar-refractivity contribution in [1.82, 2.24) is 4.40 Å². The van der Waals surface area contributed by atoms with E-state index >= 15 is 0 Å². The van der Waals surface area contributed by atoms with Gasteiger partial charge in [0.15, 0.2) is 0 Å². The summed E-state index contributed by atoms with van der Waals surface area (Å²) in [6.45, 7) is 9.83. The maximum atomic E-state index is 13.3. The molecule has 2 N–H and O–H groups in total. The maximum Gasteiger partial charge on any atom is 0.496 e. The van der Waals surface area contributed by atoms with E-state index < -0.39 is 18.3 Å². The second kappa shape index (κ2) is 6.73. The first kappa shape index (κ1) is 20.2. The SMILES string of the molecule is Cc1cc(C(=O)c2ccc3c(B4OC(C)(C)C(C)(C)O4)cccn23)cc(C#N)c1N. The molecule has 0 unspecified atom stereocenters. The third-order valence-electron chi connectivity index (χ3n) is 6.23. The molecule has 0 amide bonds. The first-order valence-electron chi connectivity index (χ1n) is 9.86. The van der Waals surface area contributed by atoms with Crippen LogP contribution in [0.3, 0.4) is 0 Å². The highest BCUT2D eigenvalue weighted by atomic mass is 16.7. The van der Waals surface area contributed by atoms with Gasteiger partial charge in [0.25, 0.3) is 0 Å². The van der Waals surface area contributed by atoms with Crippen LogP contribution in [0.1, 0.15) is 54.9 Å². The van der Waals surface area contributed by atoms with Crippen molar-refractivity contribution < 1.29 is 14.1 Å². The van der Waals surface area contributed by atoms with Crippen molar-refractivity contribution >= 4 is 29.6 Å². The summed E-state index contributed by atoms with van der Waals surface area (Å²) in [7, 11) is -0.527. The molecule has 0 atom stereocenters. The summed E-state index contributed by atoms with van der Waals surface area (Å²) in [5.41, 5.74) is 9.07. The third-order valence-corrected chi connectivity index (χ3v) is 6.23. The molecule has 0 saturated carbocycles. The van der Waals surface area contributed by atoms with E-state index in [1.54, 1.807) is 25.1 Å². The smallest absolute Gasteiger partial charge is 0.399 e. The first-order valence-corrected chi connectivity index (χ1v) is 9.86. The van der Waals surface area contributed by atoms with Crippen molar-refractivity contribution in [3.05, 3.63) is 65.0 Å². The lowest BCUT2D eigenvalue weighted by atomic mass is 9.79. The molecule has 30 heavy (non-hydrogen) atoms. The predicted octanol–water partition coefficient (Wildman–Crippen LogP) is 3.23. The van der Waals surface area contributed by atoms with Crippen LogP contribution in [0, 0.1) is 18.3 Å². The summed E-state index contributed by atoms with van der Waals surface area (Å²) < 4.78 is 14.2. The van der Waals surface area contributed by atoms with Gasteiger partial charge in [-0.3, -0.25) is 4.79 Å². The number of nitriles is 1. The summed E-state index contributed by atoms with van der Waals surface area (Å²) in [6.07, 6.45) is 1.84. The lowest BCUT2D eigenvalue weighted by molar-refractivity contribution is 0.00578. The number of pyridine rings is 1. The van der Waals surface area contributed by atoms with Crippen LogP contribution in [0.4, 0.5) is 5.69 Å². The second-order valence-corrected chi connectivity index (χ2v) is 8.72. The van der Waals surface area contributed by atoms with E-state index in [1.165, 1.54) is 0 Å². The quantitative estimate of drug-likeness (QED) is 0.414. The average Bonchev–Trinajstić information content (AvgIpc) is 3.21. The number of nitrogens with two attached hydrogens (primary N) is 1. The molecule has 3 aromatic rings. The fourth-order valence-electron chi connectivity index (χ4n) is 3.69. The molecule has 0 aliphatic carbocycles. The van der Waals surface area contributed by atoms with Gasteiger partial charge >= 0.3 is 7.12 Å².